The molecule has 0 aliphatic carbocycles. The van der Waals surface area contributed by atoms with Crippen molar-refractivity contribution in [2.75, 3.05) is 13.2 Å². The van der Waals surface area contributed by atoms with E-state index >= 15 is 0 Å². The third kappa shape index (κ3) is 4.80. The van der Waals surface area contributed by atoms with E-state index in [2.05, 4.69) is 27.7 Å². The summed E-state index contributed by atoms with van der Waals surface area (Å²) in [7, 11) is 0. The smallest absolute Gasteiger partial charge is 0.0528 e. The van der Waals surface area contributed by atoms with Gasteiger partial charge in [-0.05, 0) is 12.3 Å². The highest BCUT2D eigenvalue weighted by Gasteiger charge is 2.06. The van der Waals surface area contributed by atoms with Gasteiger partial charge >= 0.3 is 0 Å². The van der Waals surface area contributed by atoms with Crippen LogP contribution in [0, 0.1) is 11.8 Å². The highest BCUT2D eigenvalue weighted by atomic mass is 16.5. The molecule has 0 aliphatic heterocycles. The molecule has 0 saturated heterocycles. The molecule has 0 aromatic carbocycles. The van der Waals surface area contributed by atoms with Gasteiger partial charge in [-0.25, -0.2) is 0 Å². The van der Waals surface area contributed by atoms with Gasteiger partial charge < -0.3 is 4.74 Å². The molecule has 1 radical (unpaired) electrons. The fourth-order valence-electron chi connectivity index (χ4n) is 0.544. The maximum absolute atomic E-state index is 5.37. The molecule has 0 spiro atoms. The molecule has 1 heteroatoms. The number of hydrogen-bond acceptors (Lipinski definition) is 1. The Morgan fingerprint density at radius 2 is 2.00 bits per heavy atom. The minimum Gasteiger partial charge on any atom is -0.381 e. The van der Waals surface area contributed by atoms with Crippen LogP contribution in [-0.4, -0.2) is 13.2 Å². The average Bonchev–Trinajstić information content (AvgIpc) is 1.88. The molecule has 0 saturated carbocycles. The summed E-state index contributed by atoms with van der Waals surface area (Å²) in [5.41, 5.74) is 0. The topological polar surface area (TPSA) is 9.23 Å². The van der Waals surface area contributed by atoms with Crippen molar-refractivity contribution in [3.05, 3.63) is 5.92 Å². The highest BCUT2D eigenvalue weighted by molar-refractivity contribution is 4.86. The van der Waals surface area contributed by atoms with E-state index in [1.807, 2.05) is 0 Å². The summed E-state index contributed by atoms with van der Waals surface area (Å²) in [6, 6.07) is 0. The first-order valence-corrected chi connectivity index (χ1v) is 4.08. The second-order valence-corrected chi connectivity index (χ2v) is 3.05. The summed E-state index contributed by atoms with van der Waals surface area (Å²) in [4.78, 5) is 0. The predicted molar refractivity (Wildman–Crippen MR) is 44.9 cm³/mol. The molecule has 0 amide bonds. The Balaban J connectivity index is 3.13. The molecule has 0 unspecified atom stereocenters. The van der Waals surface area contributed by atoms with Gasteiger partial charge in [-0.1, -0.05) is 27.7 Å². The summed E-state index contributed by atoms with van der Waals surface area (Å²) in [6.45, 7) is 10.4. The number of rotatable bonds is 5. The molecule has 0 aromatic rings. The molecule has 0 aromatic heterocycles. The van der Waals surface area contributed by atoms with E-state index in [-0.39, 0.29) is 0 Å². The minimum absolute atomic E-state index is 0.664. The zero-order chi connectivity index (χ0) is 7.98. The van der Waals surface area contributed by atoms with Crippen LogP contribution in [0.15, 0.2) is 0 Å². The van der Waals surface area contributed by atoms with E-state index in [9.17, 15) is 0 Å². The van der Waals surface area contributed by atoms with Crippen LogP contribution in [0.5, 0.6) is 0 Å². The normalized spacial score (nSPS) is 11.4. The highest BCUT2D eigenvalue weighted by Crippen LogP contribution is 2.11. The molecule has 0 N–H and O–H groups in total. The van der Waals surface area contributed by atoms with Crippen LogP contribution < -0.4 is 0 Å². The monoisotopic (exact) mass is 143 g/mol. The van der Waals surface area contributed by atoms with Crippen molar-refractivity contribution >= 4 is 0 Å². The molecular formula is C9H19O. The van der Waals surface area contributed by atoms with E-state index in [1.54, 1.807) is 0 Å². The van der Waals surface area contributed by atoms with Crippen molar-refractivity contribution in [3.63, 3.8) is 0 Å². The van der Waals surface area contributed by atoms with Gasteiger partial charge in [0.2, 0.25) is 0 Å². The lowest BCUT2D eigenvalue weighted by Gasteiger charge is -2.13. The molecule has 0 bridgehead atoms. The first kappa shape index (κ1) is 9.96. The standard InChI is InChI=1S/C9H19O/c1-5-6-10-7-9(4)8(2)3/h8H,5-7H2,1-4H3. The Bertz CT molecular complexity index is 69.1. The van der Waals surface area contributed by atoms with Crippen molar-refractivity contribution < 1.29 is 4.74 Å². The molecule has 0 atom stereocenters. The van der Waals surface area contributed by atoms with Crippen LogP contribution in [-0.2, 0) is 4.74 Å². The van der Waals surface area contributed by atoms with Gasteiger partial charge in [-0.2, -0.15) is 0 Å². The Kier molecular flexibility index (Phi) is 5.70. The molecule has 10 heavy (non-hydrogen) atoms. The average molecular weight is 143 g/mol. The molecular weight excluding hydrogens is 124 g/mol. The van der Waals surface area contributed by atoms with Crippen molar-refractivity contribution in [2.24, 2.45) is 5.92 Å². The fourth-order valence-corrected chi connectivity index (χ4v) is 0.544. The van der Waals surface area contributed by atoms with Crippen LogP contribution in [0.3, 0.4) is 0 Å². The molecule has 1 nitrogen and oxygen atoms in total. The fraction of sp³-hybridized carbons (Fsp3) is 0.889. The lowest BCUT2D eigenvalue weighted by molar-refractivity contribution is 0.137. The van der Waals surface area contributed by atoms with E-state index < -0.39 is 0 Å². The molecule has 61 valence electrons. The van der Waals surface area contributed by atoms with Crippen molar-refractivity contribution in [1.29, 1.82) is 0 Å². The third-order valence-electron chi connectivity index (χ3n) is 1.66. The Labute approximate surface area is 64.8 Å². The number of hydrogen-bond donors (Lipinski definition) is 0. The largest absolute Gasteiger partial charge is 0.381 e. The molecule has 0 aliphatic rings. The zero-order valence-electron chi connectivity index (χ0n) is 7.61. The van der Waals surface area contributed by atoms with Crippen molar-refractivity contribution in [3.8, 4) is 0 Å². The third-order valence-corrected chi connectivity index (χ3v) is 1.66. The SMILES string of the molecule is CCCOC[C](C)C(C)C. The van der Waals surface area contributed by atoms with Gasteiger partial charge in [0.15, 0.2) is 0 Å². The van der Waals surface area contributed by atoms with Gasteiger partial charge in [-0.15, -0.1) is 0 Å². The van der Waals surface area contributed by atoms with E-state index in [1.165, 1.54) is 5.92 Å². The van der Waals surface area contributed by atoms with Crippen LogP contribution in [0.25, 0.3) is 0 Å². The predicted octanol–water partition coefficient (Wildman–Crippen LogP) is 2.66. The summed E-state index contributed by atoms with van der Waals surface area (Å²) in [6.07, 6.45) is 1.12. The van der Waals surface area contributed by atoms with E-state index in [4.69, 9.17) is 4.74 Å². The summed E-state index contributed by atoms with van der Waals surface area (Å²) in [5.74, 6) is 2.10. The van der Waals surface area contributed by atoms with Gasteiger partial charge in [-0.3, -0.25) is 0 Å². The Morgan fingerprint density at radius 1 is 1.40 bits per heavy atom. The first-order chi connectivity index (χ1) is 4.68. The maximum Gasteiger partial charge on any atom is 0.0528 e. The Hall–Kier alpha value is -0.0400. The van der Waals surface area contributed by atoms with Gasteiger partial charge in [0.25, 0.3) is 0 Å². The molecule has 0 heterocycles. The van der Waals surface area contributed by atoms with Crippen molar-refractivity contribution in [1.82, 2.24) is 0 Å². The minimum atomic E-state index is 0.664. The first-order valence-electron chi connectivity index (χ1n) is 4.08. The van der Waals surface area contributed by atoms with Gasteiger partial charge in [0.1, 0.15) is 0 Å². The van der Waals surface area contributed by atoms with Crippen LogP contribution in [0.4, 0.5) is 0 Å². The molecule has 0 rings (SSSR count). The summed E-state index contributed by atoms with van der Waals surface area (Å²) >= 11 is 0. The lowest BCUT2D eigenvalue weighted by atomic mass is 9.99. The Morgan fingerprint density at radius 3 is 2.40 bits per heavy atom. The quantitative estimate of drug-likeness (QED) is 0.538. The second-order valence-electron chi connectivity index (χ2n) is 3.05. The van der Waals surface area contributed by atoms with Crippen LogP contribution in [0.2, 0.25) is 0 Å². The summed E-state index contributed by atoms with van der Waals surface area (Å²) in [5, 5.41) is 0. The van der Waals surface area contributed by atoms with E-state index in [0.29, 0.717) is 5.92 Å². The van der Waals surface area contributed by atoms with Gasteiger partial charge in [0.05, 0.1) is 6.61 Å². The maximum atomic E-state index is 5.37. The van der Waals surface area contributed by atoms with E-state index in [0.717, 1.165) is 19.6 Å². The van der Waals surface area contributed by atoms with Crippen LogP contribution >= 0.6 is 0 Å². The second kappa shape index (κ2) is 5.72. The summed E-state index contributed by atoms with van der Waals surface area (Å²) < 4.78 is 5.37. The van der Waals surface area contributed by atoms with Crippen LogP contribution in [0.1, 0.15) is 34.1 Å². The van der Waals surface area contributed by atoms with Gasteiger partial charge in [0, 0.05) is 12.5 Å². The number of ether oxygens (including phenoxy) is 1. The lowest BCUT2D eigenvalue weighted by Crippen LogP contribution is -2.10. The molecule has 0 fully saturated rings. The zero-order valence-corrected chi connectivity index (χ0v) is 7.61. The van der Waals surface area contributed by atoms with Crippen molar-refractivity contribution in [2.45, 2.75) is 34.1 Å².